The Hall–Kier alpha value is -4.07. The van der Waals surface area contributed by atoms with Crippen molar-refractivity contribution >= 4 is 28.5 Å². The highest BCUT2D eigenvalue weighted by Gasteiger charge is 2.10. The maximum absolute atomic E-state index is 11.3. The van der Waals surface area contributed by atoms with Gasteiger partial charge in [-0.3, -0.25) is 9.78 Å². The standard InChI is InChI=1S/C20H15N5O3/c1-12(26)23-16-7-6-15-9-22-25(18(15)8-16)19-11-21-10-17(24-19)13-2-4-14(5-3-13)20(27)28/h2-11H,1H3,(H,23,26)(H,27,28). The average Bonchev–Trinajstić information content (AvgIpc) is 3.11. The number of nitrogens with one attached hydrogen (secondary N) is 1. The molecule has 0 saturated heterocycles. The molecule has 2 aromatic heterocycles. The van der Waals surface area contributed by atoms with Gasteiger partial charge >= 0.3 is 5.97 Å². The minimum atomic E-state index is -0.982. The van der Waals surface area contributed by atoms with Crippen LogP contribution in [0.1, 0.15) is 17.3 Å². The third kappa shape index (κ3) is 3.30. The lowest BCUT2D eigenvalue weighted by Gasteiger charge is -2.07. The van der Waals surface area contributed by atoms with E-state index < -0.39 is 5.97 Å². The lowest BCUT2D eigenvalue weighted by molar-refractivity contribution is -0.114. The van der Waals surface area contributed by atoms with Crippen LogP contribution in [0.5, 0.6) is 0 Å². The number of hydrogen-bond acceptors (Lipinski definition) is 5. The maximum Gasteiger partial charge on any atom is 0.335 e. The minimum absolute atomic E-state index is 0.156. The van der Waals surface area contributed by atoms with E-state index >= 15 is 0 Å². The lowest BCUT2D eigenvalue weighted by atomic mass is 10.1. The minimum Gasteiger partial charge on any atom is -0.478 e. The molecule has 0 radical (unpaired) electrons. The van der Waals surface area contributed by atoms with Crippen molar-refractivity contribution in [2.45, 2.75) is 6.92 Å². The van der Waals surface area contributed by atoms with E-state index in [4.69, 9.17) is 5.11 Å². The topological polar surface area (TPSA) is 110 Å². The van der Waals surface area contributed by atoms with Crippen LogP contribution >= 0.6 is 0 Å². The summed E-state index contributed by atoms with van der Waals surface area (Å²) in [5, 5.41) is 17.1. The van der Waals surface area contributed by atoms with Gasteiger partial charge < -0.3 is 10.4 Å². The number of benzene rings is 2. The quantitative estimate of drug-likeness (QED) is 0.569. The molecule has 0 aliphatic heterocycles. The molecule has 2 aromatic carbocycles. The zero-order valence-electron chi connectivity index (χ0n) is 14.8. The Morgan fingerprint density at radius 2 is 1.82 bits per heavy atom. The normalized spacial score (nSPS) is 10.8. The van der Waals surface area contributed by atoms with Gasteiger partial charge in [0.15, 0.2) is 5.82 Å². The van der Waals surface area contributed by atoms with Gasteiger partial charge in [0, 0.05) is 23.6 Å². The summed E-state index contributed by atoms with van der Waals surface area (Å²) in [5.41, 5.74) is 2.98. The smallest absolute Gasteiger partial charge is 0.335 e. The van der Waals surface area contributed by atoms with Crippen LogP contribution in [0.4, 0.5) is 5.69 Å². The average molecular weight is 373 g/mol. The summed E-state index contributed by atoms with van der Waals surface area (Å²) in [4.78, 5) is 31.2. The number of hydrogen-bond donors (Lipinski definition) is 2. The SMILES string of the molecule is CC(=O)Nc1ccc2cnn(-c3cncc(-c4ccc(C(=O)O)cc4)n3)c2c1. The Kier molecular flexibility index (Phi) is 4.29. The number of amides is 1. The summed E-state index contributed by atoms with van der Waals surface area (Å²) >= 11 is 0. The van der Waals surface area contributed by atoms with E-state index in [0.717, 1.165) is 16.5 Å². The number of aromatic carboxylic acids is 1. The van der Waals surface area contributed by atoms with Gasteiger partial charge in [-0.2, -0.15) is 5.10 Å². The first-order valence-corrected chi connectivity index (χ1v) is 8.43. The fourth-order valence-electron chi connectivity index (χ4n) is 2.86. The molecule has 4 aromatic rings. The monoisotopic (exact) mass is 373 g/mol. The summed E-state index contributed by atoms with van der Waals surface area (Å²) in [6, 6.07) is 11.9. The Balaban J connectivity index is 1.75. The zero-order chi connectivity index (χ0) is 19.7. The molecule has 8 nitrogen and oxygen atoms in total. The molecule has 0 aliphatic carbocycles. The van der Waals surface area contributed by atoms with E-state index in [1.807, 2.05) is 18.2 Å². The summed E-state index contributed by atoms with van der Waals surface area (Å²) in [7, 11) is 0. The molecule has 138 valence electrons. The molecule has 1 amide bonds. The first-order chi connectivity index (χ1) is 13.5. The third-order valence-corrected chi connectivity index (χ3v) is 4.16. The highest BCUT2D eigenvalue weighted by Crippen LogP contribution is 2.23. The molecule has 0 bridgehead atoms. The van der Waals surface area contributed by atoms with Crippen molar-refractivity contribution in [2.24, 2.45) is 0 Å². The summed E-state index contributed by atoms with van der Waals surface area (Å²) in [6.07, 6.45) is 4.91. The number of carbonyl (C=O) groups is 2. The number of nitrogens with zero attached hydrogens (tertiary/aromatic N) is 4. The van der Waals surface area contributed by atoms with E-state index in [0.29, 0.717) is 17.2 Å². The highest BCUT2D eigenvalue weighted by atomic mass is 16.4. The van der Waals surface area contributed by atoms with Crippen molar-refractivity contribution in [1.82, 2.24) is 19.7 Å². The molecule has 0 unspecified atom stereocenters. The van der Waals surface area contributed by atoms with Crippen LogP contribution < -0.4 is 5.32 Å². The number of aromatic nitrogens is 4. The van der Waals surface area contributed by atoms with Crippen LogP contribution in [-0.2, 0) is 4.79 Å². The van der Waals surface area contributed by atoms with Crippen LogP contribution in [0.15, 0.2) is 61.1 Å². The Morgan fingerprint density at radius 3 is 2.54 bits per heavy atom. The maximum atomic E-state index is 11.3. The second-order valence-corrected chi connectivity index (χ2v) is 6.16. The van der Waals surface area contributed by atoms with Gasteiger partial charge in [0.1, 0.15) is 0 Å². The molecular formula is C20H15N5O3. The molecule has 2 N–H and O–H groups in total. The summed E-state index contributed by atoms with van der Waals surface area (Å²) in [5.74, 6) is -0.629. The Labute approximate surface area is 159 Å². The van der Waals surface area contributed by atoms with Crippen molar-refractivity contribution < 1.29 is 14.7 Å². The van der Waals surface area contributed by atoms with Gasteiger partial charge in [0.05, 0.1) is 35.4 Å². The van der Waals surface area contributed by atoms with Gasteiger partial charge in [-0.1, -0.05) is 12.1 Å². The molecule has 8 heteroatoms. The van der Waals surface area contributed by atoms with Gasteiger partial charge in [-0.15, -0.1) is 0 Å². The molecule has 28 heavy (non-hydrogen) atoms. The van der Waals surface area contributed by atoms with Crippen LogP contribution in [-0.4, -0.2) is 36.7 Å². The van der Waals surface area contributed by atoms with Gasteiger partial charge in [-0.05, 0) is 30.3 Å². The molecule has 0 atom stereocenters. The van der Waals surface area contributed by atoms with E-state index in [1.54, 1.807) is 35.4 Å². The number of anilines is 1. The molecule has 0 fully saturated rings. The van der Waals surface area contributed by atoms with Gasteiger partial charge in [0.2, 0.25) is 5.91 Å². The van der Waals surface area contributed by atoms with E-state index in [-0.39, 0.29) is 11.5 Å². The molecule has 2 heterocycles. The fraction of sp³-hybridized carbons (Fsp3) is 0.0500. The number of fused-ring (bicyclic) bond motifs is 1. The van der Waals surface area contributed by atoms with Gasteiger partial charge in [0.25, 0.3) is 0 Å². The van der Waals surface area contributed by atoms with Crippen LogP contribution in [0, 0.1) is 0 Å². The first-order valence-electron chi connectivity index (χ1n) is 8.43. The van der Waals surface area contributed by atoms with Crippen LogP contribution in [0.2, 0.25) is 0 Å². The Bertz CT molecular complexity index is 1200. The summed E-state index contributed by atoms with van der Waals surface area (Å²) < 4.78 is 1.64. The van der Waals surface area contributed by atoms with E-state index in [2.05, 4.69) is 20.4 Å². The molecule has 0 spiro atoms. The molecule has 0 saturated carbocycles. The second kappa shape index (κ2) is 6.92. The zero-order valence-corrected chi connectivity index (χ0v) is 14.8. The van der Waals surface area contributed by atoms with Crippen molar-refractivity contribution in [2.75, 3.05) is 5.32 Å². The lowest BCUT2D eigenvalue weighted by Crippen LogP contribution is -2.06. The van der Waals surface area contributed by atoms with E-state index in [9.17, 15) is 9.59 Å². The fourth-order valence-corrected chi connectivity index (χ4v) is 2.86. The predicted octanol–water partition coefficient (Wildman–Crippen LogP) is 3.14. The van der Waals surface area contributed by atoms with Crippen molar-refractivity contribution in [3.63, 3.8) is 0 Å². The van der Waals surface area contributed by atoms with Crippen molar-refractivity contribution in [3.8, 4) is 17.1 Å². The highest BCUT2D eigenvalue weighted by molar-refractivity contribution is 5.92. The third-order valence-electron chi connectivity index (χ3n) is 4.16. The molecule has 4 rings (SSSR count). The number of carbonyl (C=O) groups excluding carboxylic acids is 1. The molecule has 0 aliphatic rings. The number of carboxylic acid groups (broad SMARTS) is 1. The van der Waals surface area contributed by atoms with Crippen LogP contribution in [0.3, 0.4) is 0 Å². The summed E-state index contributed by atoms with van der Waals surface area (Å²) in [6.45, 7) is 1.45. The van der Waals surface area contributed by atoms with Crippen molar-refractivity contribution in [3.05, 3.63) is 66.6 Å². The number of carboxylic acids is 1. The molecular weight excluding hydrogens is 358 g/mol. The van der Waals surface area contributed by atoms with E-state index in [1.165, 1.54) is 19.1 Å². The van der Waals surface area contributed by atoms with Crippen molar-refractivity contribution in [1.29, 1.82) is 0 Å². The van der Waals surface area contributed by atoms with Gasteiger partial charge in [-0.25, -0.2) is 14.5 Å². The second-order valence-electron chi connectivity index (χ2n) is 6.16. The predicted molar refractivity (Wildman–Crippen MR) is 103 cm³/mol. The number of rotatable bonds is 4. The van der Waals surface area contributed by atoms with Crippen LogP contribution in [0.25, 0.3) is 28.0 Å². The first kappa shape index (κ1) is 17.3. The largest absolute Gasteiger partial charge is 0.478 e. The Morgan fingerprint density at radius 1 is 1.04 bits per heavy atom.